The number of aromatic nitrogens is 2. The Balaban J connectivity index is 1.97. The third-order valence-electron chi connectivity index (χ3n) is 4.74. The van der Waals surface area contributed by atoms with Crippen LogP contribution in [0.2, 0.25) is 5.02 Å². The van der Waals surface area contributed by atoms with Gasteiger partial charge in [0.25, 0.3) is 5.56 Å². The standard InChI is InChI=1S/C24H18ClF3N4O2S/c1-14(16-4-3-5-20(9-16)35-2)6-18(30)12-32-13-31-22(24(26,27)28)21(23(32)33)34-19-8-15(11-29)7-17(25)10-19/h3-10,13,30H,12H2,1-2H3/b14-6+,30-18?. The maximum atomic E-state index is 13.5. The lowest BCUT2D eigenvalue weighted by Crippen LogP contribution is -2.28. The quantitative estimate of drug-likeness (QED) is 0.287. The van der Waals surface area contributed by atoms with Crippen molar-refractivity contribution in [3.8, 4) is 17.6 Å². The molecular formula is C24H18ClF3N4O2S. The zero-order chi connectivity index (χ0) is 25.8. The Hall–Kier alpha value is -3.55. The molecule has 35 heavy (non-hydrogen) atoms. The Bertz CT molecular complexity index is 1410. The number of alkyl halides is 3. The number of nitriles is 1. The van der Waals surface area contributed by atoms with Gasteiger partial charge in [0, 0.05) is 9.92 Å². The van der Waals surface area contributed by atoms with Gasteiger partial charge in [-0.1, -0.05) is 23.7 Å². The smallest absolute Gasteiger partial charge is 0.437 e. The highest BCUT2D eigenvalue weighted by Crippen LogP contribution is 2.35. The first-order valence-electron chi connectivity index (χ1n) is 9.97. The summed E-state index contributed by atoms with van der Waals surface area (Å²) < 4.78 is 46.7. The summed E-state index contributed by atoms with van der Waals surface area (Å²) in [7, 11) is 0. The summed E-state index contributed by atoms with van der Waals surface area (Å²) in [6.07, 6.45) is -0.784. The molecule has 3 aromatic rings. The van der Waals surface area contributed by atoms with Crippen LogP contribution in [-0.2, 0) is 12.7 Å². The number of hydrogen-bond donors (Lipinski definition) is 1. The average Bonchev–Trinajstić information content (AvgIpc) is 2.80. The molecule has 0 atom stereocenters. The number of thioether (sulfide) groups is 1. The van der Waals surface area contributed by atoms with Gasteiger partial charge in [-0.25, -0.2) is 4.98 Å². The van der Waals surface area contributed by atoms with E-state index in [4.69, 9.17) is 27.0 Å². The lowest BCUT2D eigenvalue weighted by molar-refractivity contribution is -0.142. The Morgan fingerprint density at radius 2 is 2.06 bits per heavy atom. The second kappa shape index (κ2) is 10.8. The van der Waals surface area contributed by atoms with Crippen molar-refractivity contribution in [1.82, 2.24) is 9.55 Å². The Labute approximate surface area is 208 Å². The molecule has 1 heterocycles. The van der Waals surface area contributed by atoms with Crippen LogP contribution in [0.25, 0.3) is 5.57 Å². The Morgan fingerprint density at radius 3 is 2.71 bits per heavy atom. The van der Waals surface area contributed by atoms with Crippen molar-refractivity contribution in [2.45, 2.75) is 24.5 Å². The number of rotatable bonds is 7. The highest BCUT2D eigenvalue weighted by Gasteiger charge is 2.38. The van der Waals surface area contributed by atoms with Gasteiger partial charge >= 0.3 is 6.18 Å². The van der Waals surface area contributed by atoms with Crippen molar-refractivity contribution >= 4 is 34.6 Å². The van der Waals surface area contributed by atoms with Crippen LogP contribution >= 0.6 is 23.4 Å². The van der Waals surface area contributed by atoms with Crippen LogP contribution in [0.3, 0.4) is 0 Å². The van der Waals surface area contributed by atoms with Gasteiger partial charge in [0.15, 0.2) is 5.69 Å². The van der Waals surface area contributed by atoms with Crippen LogP contribution in [0.1, 0.15) is 23.7 Å². The molecule has 0 radical (unpaired) electrons. The van der Waals surface area contributed by atoms with E-state index in [1.54, 1.807) is 18.7 Å². The number of benzene rings is 2. The lowest BCUT2D eigenvalue weighted by atomic mass is 10.1. The summed E-state index contributed by atoms with van der Waals surface area (Å²) in [4.78, 5) is 17.3. The molecule has 1 aromatic heterocycles. The van der Waals surface area contributed by atoms with Gasteiger partial charge in [-0.05, 0) is 60.7 Å². The summed E-state index contributed by atoms with van der Waals surface area (Å²) in [5.41, 5.74) is -1.02. The van der Waals surface area contributed by atoms with Gasteiger partial charge in [0.2, 0.25) is 5.75 Å². The molecule has 0 aliphatic heterocycles. The van der Waals surface area contributed by atoms with E-state index in [-0.39, 0.29) is 28.6 Å². The zero-order valence-electron chi connectivity index (χ0n) is 18.5. The van der Waals surface area contributed by atoms with Crippen LogP contribution in [0.15, 0.2) is 64.6 Å². The largest absolute Gasteiger partial charge is 0.449 e. The zero-order valence-corrected chi connectivity index (χ0v) is 20.1. The number of nitrogens with zero attached hydrogens (tertiary/aromatic N) is 3. The highest BCUT2D eigenvalue weighted by molar-refractivity contribution is 7.98. The van der Waals surface area contributed by atoms with Crippen molar-refractivity contribution in [3.63, 3.8) is 0 Å². The predicted octanol–water partition coefficient (Wildman–Crippen LogP) is 6.42. The van der Waals surface area contributed by atoms with Gasteiger partial charge in [0.1, 0.15) is 5.75 Å². The minimum atomic E-state index is -4.98. The fraction of sp³-hybridized carbons (Fsp3) is 0.167. The lowest BCUT2D eigenvalue weighted by Gasteiger charge is -2.15. The topological polar surface area (TPSA) is 91.8 Å². The molecule has 3 rings (SSSR count). The first-order valence-corrected chi connectivity index (χ1v) is 11.6. The highest BCUT2D eigenvalue weighted by atomic mass is 35.5. The van der Waals surface area contributed by atoms with E-state index in [0.29, 0.717) is 0 Å². The van der Waals surface area contributed by atoms with E-state index in [0.717, 1.165) is 33.0 Å². The number of nitrogens with one attached hydrogen (secondary N) is 1. The molecule has 0 aliphatic carbocycles. The SMILES string of the molecule is CSc1cccc(/C(C)=C/C(=N)Cn2cnc(C(F)(F)F)c(Oc3cc(Cl)cc(C#N)c3)c2=O)c1. The molecule has 0 saturated carbocycles. The molecule has 0 amide bonds. The summed E-state index contributed by atoms with van der Waals surface area (Å²) >= 11 is 7.46. The van der Waals surface area contributed by atoms with E-state index in [2.05, 4.69) is 4.98 Å². The van der Waals surface area contributed by atoms with Gasteiger partial charge in [0.05, 0.1) is 30.2 Å². The maximum absolute atomic E-state index is 13.5. The number of allylic oxidation sites excluding steroid dienone is 2. The number of halogens is 4. The maximum Gasteiger partial charge on any atom is 0.437 e. The van der Waals surface area contributed by atoms with Crippen molar-refractivity contribution in [3.05, 3.63) is 87.1 Å². The minimum Gasteiger partial charge on any atom is -0.449 e. The molecule has 6 nitrogen and oxygen atoms in total. The molecular weight excluding hydrogens is 501 g/mol. The van der Waals surface area contributed by atoms with Crippen LogP contribution in [0, 0.1) is 16.7 Å². The summed E-state index contributed by atoms with van der Waals surface area (Å²) in [6.45, 7) is 1.46. The molecule has 2 aromatic carbocycles. The average molecular weight is 519 g/mol. The third-order valence-corrected chi connectivity index (χ3v) is 5.69. The van der Waals surface area contributed by atoms with Crippen LogP contribution in [-0.4, -0.2) is 21.5 Å². The van der Waals surface area contributed by atoms with Crippen molar-refractivity contribution < 1.29 is 17.9 Å². The molecule has 180 valence electrons. The molecule has 0 aliphatic rings. The molecule has 1 N–H and O–H groups in total. The van der Waals surface area contributed by atoms with E-state index < -0.39 is 23.2 Å². The first-order chi connectivity index (χ1) is 16.5. The Morgan fingerprint density at radius 1 is 1.31 bits per heavy atom. The molecule has 0 saturated heterocycles. The second-order valence-electron chi connectivity index (χ2n) is 7.33. The van der Waals surface area contributed by atoms with E-state index >= 15 is 0 Å². The van der Waals surface area contributed by atoms with Crippen LogP contribution in [0.5, 0.6) is 11.5 Å². The van der Waals surface area contributed by atoms with E-state index in [1.165, 1.54) is 18.2 Å². The molecule has 0 fully saturated rings. The van der Waals surface area contributed by atoms with E-state index in [9.17, 15) is 18.0 Å². The van der Waals surface area contributed by atoms with Gasteiger partial charge in [-0.15, -0.1) is 11.8 Å². The van der Waals surface area contributed by atoms with Crippen LogP contribution in [0.4, 0.5) is 13.2 Å². The minimum absolute atomic E-state index is 0.0267. The number of hydrogen-bond acceptors (Lipinski definition) is 6. The summed E-state index contributed by atoms with van der Waals surface area (Å²) in [5, 5.41) is 17.4. The fourth-order valence-corrected chi connectivity index (χ4v) is 3.81. The Kier molecular flexibility index (Phi) is 8.04. The van der Waals surface area contributed by atoms with Gasteiger partial charge < -0.3 is 10.1 Å². The van der Waals surface area contributed by atoms with E-state index in [1.807, 2.05) is 36.6 Å². The molecule has 11 heteroatoms. The summed E-state index contributed by atoms with van der Waals surface area (Å²) in [6, 6.07) is 13.1. The monoisotopic (exact) mass is 518 g/mol. The first kappa shape index (κ1) is 26.1. The van der Waals surface area contributed by atoms with Crippen molar-refractivity contribution in [1.29, 1.82) is 10.7 Å². The van der Waals surface area contributed by atoms with Crippen molar-refractivity contribution in [2.24, 2.45) is 0 Å². The van der Waals surface area contributed by atoms with Gasteiger partial charge in [-0.2, -0.15) is 18.4 Å². The van der Waals surface area contributed by atoms with Crippen LogP contribution < -0.4 is 10.3 Å². The van der Waals surface area contributed by atoms with Crippen molar-refractivity contribution in [2.75, 3.05) is 6.26 Å². The molecule has 0 unspecified atom stereocenters. The molecule has 0 bridgehead atoms. The second-order valence-corrected chi connectivity index (χ2v) is 8.64. The predicted molar refractivity (Wildman–Crippen MR) is 129 cm³/mol. The normalized spacial score (nSPS) is 11.7. The van der Waals surface area contributed by atoms with Gasteiger partial charge in [-0.3, -0.25) is 9.36 Å². The fourth-order valence-electron chi connectivity index (χ4n) is 3.12. The summed E-state index contributed by atoms with van der Waals surface area (Å²) in [5.74, 6) is -1.30. The third kappa shape index (κ3) is 6.53. The number of ether oxygens (including phenoxy) is 1. The molecule has 0 spiro atoms.